The normalized spacial score (nSPS) is 11.9. The van der Waals surface area contributed by atoms with E-state index in [1.807, 2.05) is 27.7 Å². The first-order chi connectivity index (χ1) is 7.87. The molecular formula is C12H21N3O2. The van der Waals surface area contributed by atoms with Crippen LogP contribution in [0.2, 0.25) is 0 Å². The predicted molar refractivity (Wildman–Crippen MR) is 68.5 cm³/mol. The van der Waals surface area contributed by atoms with Gasteiger partial charge >= 0.3 is 0 Å². The van der Waals surface area contributed by atoms with Gasteiger partial charge in [0.25, 0.3) is 5.56 Å². The fraction of sp³-hybridized carbons (Fsp3) is 0.667. The first-order valence-electron chi connectivity index (χ1n) is 5.71. The molecule has 0 fully saturated rings. The molecule has 1 N–H and O–H groups in total. The van der Waals surface area contributed by atoms with Gasteiger partial charge in [-0.25, -0.2) is 4.98 Å². The van der Waals surface area contributed by atoms with Crippen molar-refractivity contribution in [1.29, 1.82) is 0 Å². The van der Waals surface area contributed by atoms with Gasteiger partial charge in [-0.3, -0.25) is 4.79 Å². The SMILES string of the molecule is COCC(C)(C)Nc1nccn(C(C)C)c1=O. The highest BCUT2D eigenvalue weighted by Crippen LogP contribution is 2.10. The van der Waals surface area contributed by atoms with Crippen LogP contribution in [-0.4, -0.2) is 28.8 Å². The van der Waals surface area contributed by atoms with E-state index >= 15 is 0 Å². The second-order valence-corrected chi connectivity index (χ2v) is 5.02. The minimum absolute atomic E-state index is 0.105. The Labute approximate surface area is 102 Å². The molecule has 0 aromatic carbocycles. The second-order valence-electron chi connectivity index (χ2n) is 5.02. The number of rotatable bonds is 5. The lowest BCUT2D eigenvalue weighted by Crippen LogP contribution is -2.39. The molecule has 1 aromatic rings. The van der Waals surface area contributed by atoms with E-state index < -0.39 is 0 Å². The molecule has 0 spiro atoms. The van der Waals surface area contributed by atoms with Gasteiger partial charge in [-0.15, -0.1) is 0 Å². The molecule has 96 valence electrons. The first-order valence-corrected chi connectivity index (χ1v) is 5.71. The quantitative estimate of drug-likeness (QED) is 0.849. The average Bonchev–Trinajstić information content (AvgIpc) is 2.20. The lowest BCUT2D eigenvalue weighted by Gasteiger charge is -2.25. The van der Waals surface area contributed by atoms with Crippen molar-refractivity contribution < 1.29 is 4.74 Å². The molecule has 17 heavy (non-hydrogen) atoms. The molecule has 5 heteroatoms. The van der Waals surface area contributed by atoms with E-state index in [4.69, 9.17) is 4.74 Å². The molecular weight excluding hydrogens is 218 g/mol. The van der Waals surface area contributed by atoms with Gasteiger partial charge < -0.3 is 14.6 Å². The Morgan fingerprint density at radius 2 is 2.18 bits per heavy atom. The number of anilines is 1. The highest BCUT2D eigenvalue weighted by molar-refractivity contribution is 5.34. The maximum absolute atomic E-state index is 12.1. The van der Waals surface area contributed by atoms with Crippen LogP contribution in [0.5, 0.6) is 0 Å². The number of aromatic nitrogens is 2. The van der Waals surface area contributed by atoms with Crippen LogP contribution in [0.4, 0.5) is 5.82 Å². The van der Waals surface area contributed by atoms with E-state index in [1.54, 1.807) is 24.1 Å². The van der Waals surface area contributed by atoms with Crippen molar-refractivity contribution in [2.75, 3.05) is 19.0 Å². The zero-order chi connectivity index (χ0) is 13.1. The zero-order valence-corrected chi connectivity index (χ0v) is 11.2. The molecule has 0 saturated carbocycles. The molecule has 0 saturated heterocycles. The van der Waals surface area contributed by atoms with Crippen LogP contribution in [-0.2, 0) is 4.74 Å². The summed E-state index contributed by atoms with van der Waals surface area (Å²) in [4.78, 5) is 16.2. The lowest BCUT2D eigenvalue weighted by atomic mass is 10.1. The summed E-state index contributed by atoms with van der Waals surface area (Å²) < 4.78 is 6.75. The molecule has 5 nitrogen and oxygen atoms in total. The highest BCUT2D eigenvalue weighted by atomic mass is 16.5. The molecule has 0 unspecified atom stereocenters. The Morgan fingerprint density at radius 1 is 1.53 bits per heavy atom. The van der Waals surface area contributed by atoms with Crippen LogP contribution in [0.15, 0.2) is 17.2 Å². The van der Waals surface area contributed by atoms with Crippen molar-refractivity contribution in [3.05, 3.63) is 22.7 Å². The molecule has 0 aliphatic heterocycles. The average molecular weight is 239 g/mol. The van der Waals surface area contributed by atoms with Crippen LogP contribution in [0.25, 0.3) is 0 Å². The van der Waals surface area contributed by atoms with Crippen LogP contribution < -0.4 is 10.9 Å². The van der Waals surface area contributed by atoms with Crippen molar-refractivity contribution in [2.24, 2.45) is 0 Å². The minimum atomic E-state index is -0.322. The van der Waals surface area contributed by atoms with E-state index in [0.29, 0.717) is 12.4 Å². The number of ether oxygens (including phenoxy) is 1. The van der Waals surface area contributed by atoms with Gasteiger partial charge in [-0.05, 0) is 27.7 Å². The molecule has 0 aliphatic carbocycles. The molecule has 0 radical (unpaired) electrons. The Kier molecular flexibility index (Phi) is 4.28. The van der Waals surface area contributed by atoms with Crippen molar-refractivity contribution in [1.82, 2.24) is 9.55 Å². The largest absolute Gasteiger partial charge is 0.382 e. The van der Waals surface area contributed by atoms with Gasteiger partial charge in [-0.1, -0.05) is 0 Å². The third-order valence-electron chi connectivity index (χ3n) is 2.39. The molecule has 0 amide bonds. The maximum atomic E-state index is 12.1. The van der Waals surface area contributed by atoms with Crippen molar-refractivity contribution in [3.63, 3.8) is 0 Å². The van der Waals surface area contributed by atoms with Gasteiger partial charge in [0, 0.05) is 25.5 Å². The predicted octanol–water partition coefficient (Wildman–Crippen LogP) is 1.66. The Balaban J connectivity index is 3.00. The number of hydrogen-bond donors (Lipinski definition) is 1. The standard InChI is InChI=1S/C12H21N3O2/c1-9(2)15-7-6-13-10(11(15)16)14-12(3,4)8-17-5/h6-7,9H,8H2,1-5H3,(H,13,14). The smallest absolute Gasteiger partial charge is 0.293 e. The fourth-order valence-electron chi connectivity index (χ4n) is 1.63. The molecule has 0 atom stereocenters. The summed E-state index contributed by atoms with van der Waals surface area (Å²) >= 11 is 0. The van der Waals surface area contributed by atoms with Gasteiger partial charge in [0.1, 0.15) is 0 Å². The summed E-state index contributed by atoms with van der Waals surface area (Å²) in [6.45, 7) is 8.36. The van der Waals surface area contributed by atoms with E-state index in [9.17, 15) is 4.79 Å². The van der Waals surface area contributed by atoms with E-state index in [1.165, 1.54) is 0 Å². The van der Waals surface area contributed by atoms with E-state index in [2.05, 4.69) is 10.3 Å². The Bertz CT molecular complexity index is 424. The summed E-state index contributed by atoms with van der Waals surface area (Å²) in [6.07, 6.45) is 3.33. The molecule has 1 aromatic heterocycles. The van der Waals surface area contributed by atoms with Gasteiger partial charge in [0.2, 0.25) is 0 Å². The summed E-state index contributed by atoms with van der Waals surface area (Å²) in [5, 5.41) is 3.11. The van der Waals surface area contributed by atoms with Crippen LogP contribution >= 0.6 is 0 Å². The first kappa shape index (κ1) is 13.7. The van der Waals surface area contributed by atoms with Crippen molar-refractivity contribution in [3.8, 4) is 0 Å². The van der Waals surface area contributed by atoms with Crippen LogP contribution in [0.1, 0.15) is 33.7 Å². The number of hydrogen-bond acceptors (Lipinski definition) is 4. The Morgan fingerprint density at radius 3 is 2.71 bits per heavy atom. The highest BCUT2D eigenvalue weighted by Gasteiger charge is 2.20. The monoisotopic (exact) mass is 239 g/mol. The number of nitrogens with zero attached hydrogens (tertiary/aromatic N) is 2. The zero-order valence-electron chi connectivity index (χ0n) is 11.2. The molecule has 0 aliphatic rings. The van der Waals surface area contributed by atoms with E-state index in [0.717, 1.165) is 0 Å². The van der Waals surface area contributed by atoms with Crippen molar-refractivity contribution >= 4 is 5.82 Å². The lowest BCUT2D eigenvalue weighted by molar-refractivity contribution is 0.158. The fourth-order valence-corrected chi connectivity index (χ4v) is 1.63. The molecule has 1 rings (SSSR count). The van der Waals surface area contributed by atoms with Gasteiger partial charge in [-0.2, -0.15) is 0 Å². The van der Waals surface area contributed by atoms with Crippen LogP contribution in [0, 0.1) is 0 Å². The summed E-state index contributed by atoms with van der Waals surface area (Å²) in [5.41, 5.74) is -0.427. The molecule has 1 heterocycles. The minimum Gasteiger partial charge on any atom is -0.382 e. The Hall–Kier alpha value is -1.36. The third-order valence-corrected chi connectivity index (χ3v) is 2.39. The van der Waals surface area contributed by atoms with Gasteiger partial charge in [0.05, 0.1) is 12.1 Å². The summed E-state index contributed by atoms with van der Waals surface area (Å²) in [6, 6.07) is 0.122. The van der Waals surface area contributed by atoms with E-state index in [-0.39, 0.29) is 17.1 Å². The molecule has 0 bridgehead atoms. The third kappa shape index (κ3) is 3.56. The number of methoxy groups -OCH3 is 1. The maximum Gasteiger partial charge on any atom is 0.293 e. The summed E-state index contributed by atoms with van der Waals surface area (Å²) in [7, 11) is 1.63. The van der Waals surface area contributed by atoms with Crippen LogP contribution in [0.3, 0.4) is 0 Å². The van der Waals surface area contributed by atoms with Gasteiger partial charge in [0.15, 0.2) is 5.82 Å². The second kappa shape index (κ2) is 5.31. The number of nitrogens with one attached hydrogen (secondary N) is 1. The van der Waals surface area contributed by atoms with Crippen molar-refractivity contribution in [2.45, 2.75) is 39.3 Å². The topological polar surface area (TPSA) is 56.1 Å². The summed E-state index contributed by atoms with van der Waals surface area (Å²) in [5.74, 6) is 0.364.